The molecular formula is C20H23N5O. The highest BCUT2D eigenvalue weighted by Crippen LogP contribution is 2.25. The molecule has 1 aliphatic rings. The van der Waals surface area contributed by atoms with Gasteiger partial charge in [0.2, 0.25) is 0 Å². The van der Waals surface area contributed by atoms with E-state index in [0.717, 1.165) is 61.1 Å². The van der Waals surface area contributed by atoms with E-state index in [1.54, 1.807) is 12.4 Å². The Hall–Kier alpha value is -2.73. The second kappa shape index (κ2) is 7.66. The summed E-state index contributed by atoms with van der Waals surface area (Å²) >= 11 is 0. The predicted molar refractivity (Wildman–Crippen MR) is 99.1 cm³/mol. The molecule has 2 aromatic heterocycles. The monoisotopic (exact) mass is 349 g/mol. The van der Waals surface area contributed by atoms with Gasteiger partial charge in [0.15, 0.2) is 5.82 Å². The standard InChI is InChI=1S/C20H23N5O/c1-2-19-23-20-10-9-16(14-25(20)24-19)22-12-15-6-3-4-8-18(15)26-17-7-5-11-21-13-17/h3-8,11,13,16,22H,2,9-10,12,14H2,1H3/t16-/m0/s1. The number of rotatable bonds is 6. The fourth-order valence-electron chi connectivity index (χ4n) is 3.22. The molecular weight excluding hydrogens is 326 g/mol. The van der Waals surface area contributed by atoms with Crippen LogP contribution in [0.15, 0.2) is 48.8 Å². The van der Waals surface area contributed by atoms with Crippen LogP contribution in [0.3, 0.4) is 0 Å². The van der Waals surface area contributed by atoms with Gasteiger partial charge < -0.3 is 10.1 Å². The number of nitrogens with one attached hydrogen (secondary N) is 1. The van der Waals surface area contributed by atoms with E-state index in [1.807, 2.05) is 30.3 Å². The summed E-state index contributed by atoms with van der Waals surface area (Å²) in [6.07, 6.45) is 6.40. The first kappa shape index (κ1) is 16.7. The van der Waals surface area contributed by atoms with Gasteiger partial charge in [-0.1, -0.05) is 25.1 Å². The maximum Gasteiger partial charge on any atom is 0.150 e. The molecule has 3 aromatic rings. The van der Waals surface area contributed by atoms with Crippen molar-refractivity contribution >= 4 is 0 Å². The zero-order valence-corrected chi connectivity index (χ0v) is 14.9. The summed E-state index contributed by atoms with van der Waals surface area (Å²) in [4.78, 5) is 8.69. The highest BCUT2D eigenvalue weighted by atomic mass is 16.5. The first-order valence-corrected chi connectivity index (χ1v) is 9.13. The van der Waals surface area contributed by atoms with Crippen LogP contribution in [0.5, 0.6) is 11.5 Å². The van der Waals surface area contributed by atoms with E-state index in [1.165, 1.54) is 0 Å². The largest absolute Gasteiger partial charge is 0.455 e. The molecule has 0 spiro atoms. The van der Waals surface area contributed by atoms with Crippen molar-refractivity contribution in [1.82, 2.24) is 25.1 Å². The minimum absolute atomic E-state index is 0.389. The average Bonchev–Trinajstić information content (AvgIpc) is 3.10. The molecule has 0 radical (unpaired) electrons. The zero-order chi connectivity index (χ0) is 17.8. The second-order valence-electron chi connectivity index (χ2n) is 6.49. The molecule has 0 saturated heterocycles. The van der Waals surface area contributed by atoms with Gasteiger partial charge in [-0.05, 0) is 24.6 Å². The minimum atomic E-state index is 0.389. The summed E-state index contributed by atoms with van der Waals surface area (Å²) in [5.41, 5.74) is 1.13. The van der Waals surface area contributed by atoms with Gasteiger partial charge in [-0.25, -0.2) is 9.67 Å². The lowest BCUT2D eigenvalue weighted by Gasteiger charge is -2.24. The Morgan fingerprint density at radius 1 is 1.23 bits per heavy atom. The van der Waals surface area contributed by atoms with Crippen molar-refractivity contribution in [3.8, 4) is 11.5 Å². The number of nitrogens with zero attached hydrogens (tertiary/aromatic N) is 4. The lowest BCUT2D eigenvalue weighted by Crippen LogP contribution is -2.37. The molecule has 0 amide bonds. The summed E-state index contributed by atoms with van der Waals surface area (Å²) in [6, 6.07) is 12.3. The van der Waals surface area contributed by atoms with E-state index in [0.29, 0.717) is 6.04 Å². The Labute approximate surface area is 153 Å². The van der Waals surface area contributed by atoms with Crippen molar-refractivity contribution in [3.05, 3.63) is 66.0 Å². The van der Waals surface area contributed by atoms with Crippen molar-refractivity contribution < 1.29 is 4.74 Å². The number of fused-ring (bicyclic) bond motifs is 1. The van der Waals surface area contributed by atoms with Crippen molar-refractivity contribution in [1.29, 1.82) is 0 Å². The van der Waals surface area contributed by atoms with Crippen LogP contribution in [0.1, 0.15) is 30.6 Å². The van der Waals surface area contributed by atoms with Crippen molar-refractivity contribution in [3.63, 3.8) is 0 Å². The minimum Gasteiger partial charge on any atom is -0.455 e. The van der Waals surface area contributed by atoms with E-state index in [4.69, 9.17) is 4.74 Å². The highest BCUT2D eigenvalue weighted by molar-refractivity contribution is 5.37. The van der Waals surface area contributed by atoms with Gasteiger partial charge in [-0.2, -0.15) is 5.10 Å². The topological polar surface area (TPSA) is 64.9 Å². The first-order valence-electron chi connectivity index (χ1n) is 9.13. The van der Waals surface area contributed by atoms with Crippen molar-refractivity contribution in [2.24, 2.45) is 0 Å². The molecule has 1 aromatic carbocycles. The number of para-hydroxylation sites is 1. The fourth-order valence-corrected chi connectivity index (χ4v) is 3.22. The van der Waals surface area contributed by atoms with E-state index < -0.39 is 0 Å². The second-order valence-corrected chi connectivity index (χ2v) is 6.49. The fraction of sp³-hybridized carbons (Fsp3) is 0.350. The van der Waals surface area contributed by atoms with Crippen LogP contribution in [-0.2, 0) is 25.9 Å². The molecule has 0 bridgehead atoms. The van der Waals surface area contributed by atoms with Crippen molar-refractivity contribution in [2.45, 2.75) is 45.3 Å². The molecule has 4 rings (SSSR count). The number of pyridine rings is 1. The summed E-state index contributed by atoms with van der Waals surface area (Å²) in [5, 5.41) is 8.23. The van der Waals surface area contributed by atoms with Gasteiger partial charge in [0, 0.05) is 37.2 Å². The quantitative estimate of drug-likeness (QED) is 0.741. The van der Waals surface area contributed by atoms with Crippen LogP contribution < -0.4 is 10.1 Å². The van der Waals surface area contributed by atoms with E-state index in [-0.39, 0.29) is 0 Å². The number of hydrogen-bond acceptors (Lipinski definition) is 5. The third-order valence-corrected chi connectivity index (χ3v) is 4.63. The summed E-state index contributed by atoms with van der Waals surface area (Å²) in [7, 11) is 0. The molecule has 1 aliphatic heterocycles. The van der Waals surface area contributed by atoms with Crippen LogP contribution >= 0.6 is 0 Å². The lowest BCUT2D eigenvalue weighted by molar-refractivity contribution is 0.355. The number of aryl methyl sites for hydroxylation is 2. The Balaban J connectivity index is 1.41. The molecule has 134 valence electrons. The third kappa shape index (κ3) is 3.75. The molecule has 26 heavy (non-hydrogen) atoms. The molecule has 0 fully saturated rings. The Morgan fingerprint density at radius 3 is 3.00 bits per heavy atom. The maximum absolute atomic E-state index is 5.99. The first-order chi connectivity index (χ1) is 12.8. The Bertz CT molecular complexity index is 862. The Morgan fingerprint density at radius 2 is 2.15 bits per heavy atom. The SMILES string of the molecule is CCc1nc2n(n1)C[C@@H](NCc1ccccc1Oc1cccnc1)CC2. The molecule has 0 saturated carbocycles. The summed E-state index contributed by atoms with van der Waals surface area (Å²) < 4.78 is 8.05. The van der Waals surface area contributed by atoms with Gasteiger partial charge in [0.25, 0.3) is 0 Å². The zero-order valence-electron chi connectivity index (χ0n) is 14.9. The van der Waals surface area contributed by atoms with Crippen LogP contribution in [0.4, 0.5) is 0 Å². The summed E-state index contributed by atoms with van der Waals surface area (Å²) in [6.45, 7) is 3.72. The molecule has 0 unspecified atom stereocenters. The van der Waals surface area contributed by atoms with Crippen LogP contribution in [0, 0.1) is 0 Å². The lowest BCUT2D eigenvalue weighted by atomic mass is 10.1. The molecule has 1 N–H and O–H groups in total. The maximum atomic E-state index is 5.99. The average molecular weight is 349 g/mol. The van der Waals surface area contributed by atoms with E-state index >= 15 is 0 Å². The van der Waals surface area contributed by atoms with Crippen molar-refractivity contribution in [2.75, 3.05) is 0 Å². The van der Waals surface area contributed by atoms with Crippen LogP contribution in [0.25, 0.3) is 0 Å². The summed E-state index contributed by atoms with van der Waals surface area (Å²) in [5.74, 6) is 3.66. The van der Waals surface area contributed by atoms with Gasteiger partial charge in [0.05, 0.1) is 12.7 Å². The smallest absolute Gasteiger partial charge is 0.150 e. The Kier molecular flexibility index (Phi) is 4.93. The number of ether oxygens (including phenoxy) is 1. The third-order valence-electron chi connectivity index (χ3n) is 4.63. The number of aromatic nitrogens is 4. The molecule has 6 heteroatoms. The van der Waals surface area contributed by atoms with Crippen LogP contribution in [-0.4, -0.2) is 25.8 Å². The van der Waals surface area contributed by atoms with Gasteiger partial charge in [-0.3, -0.25) is 4.98 Å². The van der Waals surface area contributed by atoms with Gasteiger partial charge in [-0.15, -0.1) is 0 Å². The van der Waals surface area contributed by atoms with Gasteiger partial charge >= 0.3 is 0 Å². The normalized spacial score (nSPS) is 16.3. The number of hydrogen-bond donors (Lipinski definition) is 1. The number of benzene rings is 1. The van der Waals surface area contributed by atoms with E-state index in [2.05, 4.69) is 38.1 Å². The highest BCUT2D eigenvalue weighted by Gasteiger charge is 2.21. The van der Waals surface area contributed by atoms with E-state index in [9.17, 15) is 0 Å². The van der Waals surface area contributed by atoms with Crippen LogP contribution in [0.2, 0.25) is 0 Å². The molecule has 1 atom stereocenters. The molecule has 6 nitrogen and oxygen atoms in total. The predicted octanol–water partition coefficient (Wildman–Crippen LogP) is 3.13. The molecule has 3 heterocycles. The molecule has 0 aliphatic carbocycles. The van der Waals surface area contributed by atoms with Gasteiger partial charge in [0.1, 0.15) is 17.3 Å².